The minimum atomic E-state index is -0.116. The number of unbranched alkanes of at least 4 members (excludes halogenated alkanes) is 3. The lowest BCUT2D eigenvalue weighted by Gasteiger charge is -2.35. The monoisotopic (exact) mass is 534 g/mol. The Morgan fingerprint density at radius 3 is 2.63 bits per heavy atom. The molecule has 0 spiro atoms. The Balaban J connectivity index is 0.00000450. The van der Waals surface area contributed by atoms with Crippen LogP contribution in [0.15, 0.2) is 17.4 Å². The van der Waals surface area contributed by atoms with Gasteiger partial charge in [0.2, 0.25) is 5.91 Å². The van der Waals surface area contributed by atoms with Crippen molar-refractivity contribution in [1.82, 2.24) is 20.0 Å². The fraction of sp³-hybridized carbons (Fsp3) is 0.700. The fourth-order valence-corrected chi connectivity index (χ4v) is 3.25. The number of guanidine groups is 1. The third-order valence-corrected chi connectivity index (χ3v) is 4.71. The maximum atomic E-state index is 12.6. The van der Waals surface area contributed by atoms with Gasteiger partial charge in [-0.15, -0.1) is 24.0 Å². The van der Waals surface area contributed by atoms with Gasteiger partial charge in [0.1, 0.15) is 6.54 Å². The first-order valence-corrected chi connectivity index (χ1v) is 10.5. The average molecular weight is 534 g/mol. The molecule has 0 saturated carbocycles. The quantitative estimate of drug-likeness (QED) is 0.163. The van der Waals surface area contributed by atoms with Crippen LogP contribution in [-0.2, 0) is 21.4 Å². The van der Waals surface area contributed by atoms with E-state index in [1.54, 1.807) is 15.8 Å². The van der Waals surface area contributed by atoms with Crippen LogP contribution < -0.4 is 10.2 Å². The number of anilines is 1. The van der Waals surface area contributed by atoms with E-state index in [1.165, 1.54) is 0 Å². The number of halogens is 1. The van der Waals surface area contributed by atoms with Crippen LogP contribution in [0.3, 0.4) is 0 Å². The molecule has 0 radical (unpaired) electrons. The number of nitrogens with one attached hydrogen (secondary N) is 1. The van der Waals surface area contributed by atoms with Gasteiger partial charge in [0, 0.05) is 45.8 Å². The van der Waals surface area contributed by atoms with E-state index in [-0.39, 0.29) is 35.9 Å². The summed E-state index contributed by atoms with van der Waals surface area (Å²) in [5.41, 5.74) is 0.835. The lowest BCUT2D eigenvalue weighted by molar-refractivity contribution is -0.143. The third-order valence-electron chi connectivity index (χ3n) is 4.71. The zero-order valence-electron chi connectivity index (χ0n) is 18.3. The Morgan fingerprint density at radius 1 is 1.23 bits per heavy atom. The zero-order valence-corrected chi connectivity index (χ0v) is 20.6. The highest BCUT2D eigenvalue weighted by atomic mass is 127. The SMILES string of the molecule is CCNC(=NCCCCCCC(=O)OCC)N1CCN(c2cnn(C)c2)C(=O)C1.I. The van der Waals surface area contributed by atoms with Crippen molar-refractivity contribution in [2.24, 2.45) is 12.0 Å². The Kier molecular flexibility index (Phi) is 12.4. The molecule has 170 valence electrons. The molecule has 1 fully saturated rings. The van der Waals surface area contributed by atoms with Crippen molar-refractivity contribution in [2.45, 2.75) is 46.0 Å². The second-order valence-corrected chi connectivity index (χ2v) is 7.04. The summed E-state index contributed by atoms with van der Waals surface area (Å²) in [5.74, 6) is 0.724. The van der Waals surface area contributed by atoms with E-state index in [2.05, 4.69) is 15.4 Å². The van der Waals surface area contributed by atoms with E-state index in [0.717, 1.165) is 50.4 Å². The van der Waals surface area contributed by atoms with Gasteiger partial charge >= 0.3 is 5.97 Å². The number of piperazine rings is 1. The highest BCUT2D eigenvalue weighted by Crippen LogP contribution is 2.16. The Bertz CT molecular complexity index is 694. The summed E-state index contributed by atoms with van der Waals surface area (Å²) in [6, 6.07) is 0. The smallest absolute Gasteiger partial charge is 0.305 e. The molecule has 1 aliphatic heterocycles. The number of amides is 1. The summed E-state index contributed by atoms with van der Waals surface area (Å²) >= 11 is 0. The molecule has 0 aliphatic carbocycles. The molecule has 2 heterocycles. The number of hydrogen-bond donors (Lipinski definition) is 1. The van der Waals surface area contributed by atoms with Crippen LogP contribution in [0.1, 0.15) is 46.0 Å². The molecule has 1 aromatic heterocycles. The van der Waals surface area contributed by atoms with Gasteiger partial charge in [0.25, 0.3) is 0 Å². The number of esters is 1. The molecule has 10 heteroatoms. The second-order valence-electron chi connectivity index (χ2n) is 7.04. The molecule has 1 saturated heterocycles. The Hall–Kier alpha value is -1.85. The van der Waals surface area contributed by atoms with E-state index >= 15 is 0 Å². The molecule has 2 rings (SSSR count). The molecule has 1 aromatic rings. The highest BCUT2D eigenvalue weighted by Gasteiger charge is 2.27. The summed E-state index contributed by atoms with van der Waals surface area (Å²) < 4.78 is 6.63. The number of aliphatic imine (C=N–C) groups is 1. The van der Waals surface area contributed by atoms with E-state index in [9.17, 15) is 9.59 Å². The highest BCUT2D eigenvalue weighted by molar-refractivity contribution is 14.0. The van der Waals surface area contributed by atoms with Crippen molar-refractivity contribution in [1.29, 1.82) is 0 Å². The first kappa shape index (κ1) is 26.2. The number of nitrogens with zero attached hydrogens (tertiary/aromatic N) is 5. The molecule has 1 amide bonds. The van der Waals surface area contributed by atoms with Crippen molar-refractivity contribution in [3.63, 3.8) is 0 Å². The molecule has 0 bridgehead atoms. The standard InChI is InChI=1S/C20H34N6O3.HI/c1-4-21-20(22-11-9-7-6-8-10-19(28)29-5-2)25-12-13-26(18(27)16-25)17-14-23-24(3)15-17;/h14-15H,4-13,16H2,1-3H3,(H,21,22);1H. The zero-order chi connectivity index (χ0) is 21.1. The number of carbonyl (C=O) groups is 2. The maximum absolute atomic E-state index is 12.6. The van der Waals surface area contributed by atoms with Gasteiger partial charge in [-0.25, -0.2) is 0 Å². The Labute approximate surface area is 196 Å². The van der Waals surface area contributed by atoms with E-state index in [4.69, 9.17) is 4.74 Å². The summed E-state index contributed by atoms with van der Waals surface area (Å²) in [6.45, 7) is 7.41. The summed E-state index contributed by atoms with van der Waals surface area (Å²) in [4.78, 5) is 32.4. The van der Waals surface area contributed by atoms with Crippen LogP contribution >= 0.6 is 24.0 Å². The van der Waals surface area contributed by atoms with Crippen LogP contribution in [0.25, 0.3) is 0 Å². The average Bonchev–Trinajstić information content (AvgIpc) is 3.12. The number of carbonyl (C=O) groups excluding carboxylic acids is 2. The number of hydrogen-bond acceptors (Lipinski definition) is 5. The van der Waals surface area contributed by atoms with Gasteiger partial charge in [-0.05, 0) is 26.7 Å². The van der Waals surface area contributed by atoms with Gasteiger partial charge in [-0.3, -0.25) is 19.3 Å². The van der Waals surface area contributed by atoms with Crippen molar-refractivity contribution >= 4 is 47.5 Å². The summed E-state index contributed by atoms with van der Waals surface area (Å²) in [5, 5.41) is 7.44. The summed E-state index contributed by atoms with van der Waals surface area (Å²) in [7, 11) is 1.84. The van der Waals surface area contributed by atoms with Crippen LogP contribution in [0, 0.1) is 0 Å². The molecule has 0 atom stereocenters. The largest absolute Gasteiger partial charge is 0.466 e. The number of aryl methyl sites for hydroxylation is 1. The summed E-state index contributed by atoms with van der Waals surface area (Å²) in [6.07, 6.45) is 7.89. The van der Waals surface area contributed by atoms with Gasteiger partial charge < -0.3 is 19.9 Å². The van der Waals surface area contributed by atoms with Crippen LogP contribution in [0.2, 0.25) is 0 Å². The maximum Gasteiger partial charge on any atom is 0.305 e. The van der Waals surface area contributed by atoms with Gasteiger partial charge in [-0.2, -0.15) is 5.10 Å². The number of ether oxygens (including phenoxy) is 1. The van der Waals surface area contributed by atoms with Crippen molar-refractivity contribution in [2.75, 3.05) is 44.2 Å². The third kappa shape index (κ3) is 8.49. The van der Waals surface area contributed by atoms with Gasteiger partial charge in [0.15, 0.2) is 5.96 Å². The van der Waals surface area contributed by atoms with Crippen LogP contribution in [0.5, 0.6) is 0 Å². The van der Waals surface area contributed by atoms with Crippen molar-refractivity contribution in [3.8, 4) is 0 Å². The predicted octanol–water partition coefficient (Wildman–Crippen LogP) is 2.17. The fourth-order valence-electron chi connectivity index (χ4n) is 3.25. The van der Waals surface area contributed by atoms with Crippen LogP contribution in [0.4, 0.5) is 5.69 Å². The molecule has 0 unspecified atom stereocenters. The molecule has 1 N–H and O–H groups in total. The molecule has 0 aromatic carbocycles. The normalized spacial score (nSPS) is 14.5. The Morgan fingerprint density at radius 2 is 2.00 bits per heavy atom. The van der Waals surface area contributed by atoms with Gasteiger partial charge in [-0.1, -0.05) is 12.8 Å². The second kappa shape index (κ2) is 14.2. The lowest BCUT2D eigenvalue weighted by atomic mass is 10.1. The predicted molar refractivity (Wildman–Crippen MR) is 128 cm³/mol. The molecular formula is C20H35IN6O3. The first-order chi connectivity index (χ1) is 14.0. The molecule has 1 aliphatic rings. The minimum absolute atomic E-state index is 0. The van der Waals surface area contributed by atoms with Crippen molar-refractivity contribution in [3.05, 3.63) is 12.4 Å². The van der Waals surface area contributed by atoms with E-state index in [1.807, 2.05) is 32.0 Å². The number of aromatic nitrogens is 2. The topological polar surface area (TPSA) is 92.1 Å². The van der Waals surface area contributed by atoms with Gasteiger partial charge in [0.05, 0.1) is 18.5 Å². The minimum Gasteiger partial charge on any atom is -0.466 e. The first-order valence-electron chi connectivity index (χ1n) is 10.5. The van der Waals surface area contributed by atoms with Crippen LogP contribution in [-0.4, -0.2) is 71.8 Å². The molecule has 9 nitrogen and oxygen atoms in total. The molecular weight excluding hydrogens is 499 g/mol. The van der Waals surface area contributed by atoms with E-state index < -0.39 is 0 Å². The lowest BCUT2D eigenvalue weighted by Crippen LogP contribution is -2.55. The van der Waals surface area contributed by atoms with E-state index in [0.29, 0.717) is 32.7 Å². The van der Waals surface area contributed by atoms with Crippen molar-refractivity contribution < 1.29 is 14.3 Å². The molecule has 30 heavy (non-hydrogen) atoms. The number of rotatable bonds is 10.